The topological polar surface area (TPSA) is 158 Å². The van der Waals surface area contributed by atoms with Gasteiger partial charge in [0.1, 0.15) is 22.9 Å². The van der Waals surface area contributed by atoms with Gasteiger partial charge in [-0.25, -0.2) is 9.59 Å². The minimum atomic E-state index is -0.550. The molecule has 0 aromatic carbocycles. The summed E-state index contributed by atoms with van der Waals surface area (Å²) in [5.74, 6) is 7.56. The lowest BCUT2D eigenvalue weighted by Gasteiger charge is -2.60. The van der Waals surface area contributed by atoms with Crippen LogP contribution >= 0.6 is 0 Å². The molecule has 77 heavy (non-hydrogen) atoms. The Balaban J connectivity index is 0.000000143. The molecular formula is C65H102O12. The molecule has 14 aliphatic rings. The van der Waals surface area contributed by atoms with Crippen molar-refractivity contribution in [2.24, 2.45) is 105 Å². The zero-order valence-electron chi connectivity index (χ0n) is 49.8. The Hall–Kier alpha value is -3.18. The van der Waals surface area contributed by atoms with Crippen LogP contribution in [0, 0.1) is 105 Å². The van der Waals surface area contributed by atoms with E-state index >= 15 is 0 Å². The highest BCUT2D eigenvalue weighted by molar-refractivity contribution is 5.81. The summed E-state index contributed by atoms with van der Waals surface area (Å²) in [5.41, 5.74) is -2.37. The number of fused-ring (bicyclic) bond motifs is 2. The van der Waals surface area contributed by atoms with Gasteiger partial charge in [-0.2, -0.15) is 0 Å². The maximum atomic E-state index is 13.4. The molecule has 14 saturated carbocycles. The maximum Gasteiger partial charge on any atom is 0.344 e. The Kier molecular flexibility index (Phi) is 16.9. The first-order valence-electron chi connectivity index (χ1n) is 31.5. The van der Waals surface area contributed by atoms with E-state index in [1.54, 1.807) is 0 Å². The lowest BCUT2D eigenvalue weighted by Crippen LogP contribution is -2.59. The van der Waals surface area contributed by atoms with Gasteiger partial charge in [0, 0.05) is 0 Å². The molecule has 14 aliphatic carbocycles. The van der Waals surface area contributed by atoms with Gasteiger partial charge in [-0.15, -0.1) is 0 Å². The molecule has 0 aromatic heterocycles. The molecule has 12 nitrogen and oxygen atoms in total. The van der Waals surface area contributed by atoms with E-state index in [0.717, 1.165) is 74.0 Å². The van der Waals surface area contributed by atoms with E-state index in [1.165, 1.54) is 96.3 Å². The van der Waals surface area contributed by atoms with E-state index in [4.69, 9.17) is 28.4 Å². The molecule has 4 atom stereocenters. The molecule has 0 spiro atoms. The highest BCUT2D eigenvalue weighted by atomic mass is 16.6. The van der Waals surface area contributed by atoms with Crippen LogP contribution in [-0.2, 0) is 57.2 Å². The van der Waals surface area contributed by atoms with Crippen molar-refractivity contribution in [1.82, 2.24) is 0 Å². The Morgan fingerprint density at radius 1 is 0.403 bits per heavy atom. The highest BCUT2D eigenvalue weighted by Crippen LogP contribution is 2.63. The lowest BCUT2D eigenvalue weighted by molar-refractivity contribution is -0.216. The molecule has 0 N–H and O–H groups in total. The van der Waals surface area contributed by atoms with Gasteiger partial charge in [0.2, 0.25) is 0 Å². The summed E-state index contributed by atoms with van der Waals surface area (Å²) < 4.78 is 34.8. The zero-order chi connectivity index (χ0) is 55.6. The highest BCUT2D eigenvalue weighted by Gasteiger charge is 2.62. The standard InChI is InChI=1S/C26H40O4.C20H32O4.C19H30O4/c1-5-25(3,4)24(28)29-22-14-17-12-18(22)13-21(17)23(27)30-26(6-2)19-8-15-7-16(10-19)11-20(26)9-15;1-5-19(3,4)18(22)23-12-17(21)24-20(6-2)15-8-13-7-14(10-15)11-16(20)9-13;1-5-18(2,3)17(21)22-11-16(20)23-19(4)14-7-12-6-13(9-14)10-15(19)8-12/h15-22H,5-14H2,1-4H3;13-16H,5-12H2,1-4H3;12-15H,5-11H2,1-4H3. The molecule has 0 aliphatic heterocycles. The van der Waals surface area contributed by atoms with Crippen molar-refractivity contribution in [2.75, 3.05) is 13.2 Å². The van der Waals surface area contributed by atoms with Crippen molar-refractivity contribution >= 4 is 35.8 Å². The largest absolute Gasteiger partial charge is 0.462 e. The molecule has 4 unspecified atom stereocenters. The zero-order valence-corrected chi connectivity index (χ0v) is 49.8. The third kappa shape index (κ3) is 11.4. The number of carbonyl (C=O) groups excluding carboxylic acids is 6. The molecule has 14 rings (SSSR count). The van der Waals surface area contributed by atoms with Crippen molar-refractivity contribution in [3.8, 4) is 0 Å². The van der Waals surface area contributed by atoms with Crippen LogP contribution in [0.4, 0.5) is 0 Å². The van der Waals surface area contributed by atoms with Crippen LogP contribution in [0.25, 0.3) is 0 Å². The fourth-order valence-corrected chi connectivity index (χ4v) is 18.7. The van der Waals surface area contributed by atoms with Gasteiger partial charge < -0.3 is 28.4 Å². The summed E-state index contributed by atoms with van der Waals surface area (Å²) >= 11 is 0. The molecule has 14 fully saturated rings. The van der Waals surface area contributed by atoms with Crippen LogP contribution in [-0.4, -0.2) is 71.9 Å². The van der Waals surface area contributed by atoms with Crippen LogP contribution in [0.1, 0.15) is 231 Å². The van der Waals surface area contributed by atoms with E-state index in [1.807, 2.05) is 62.3 Å². The van der Waals surface area contributed by atoms with Crippen molar-refractivity contribution in [1.29, 1.82) is 0 Å². The molecule has 0 heterocycles. The Bertz CT molecular complexity index is 2100. The third-order valence-corrected chi connectivity index (χ3v) is 24.1. The van der Waals surface area contributed by atoms with Gasteiger partial charge in [-0.3, -0.25) is 19.2 Å². The minimum Gasteiger partial charge on any atom is -0.462 e. The van der Waals surface area contributed by atoms with E-state index < -0.39 is 16.2 Å². The smallest absolute Gasteiger partial charge is 0.344 e. The summed E-state index contributed by atoms with van der Waals surface area (Å²) in [6, 6.07) is 0. The lowest BCUT2D eigenvalue weighted by atomic mass is 9.49. The maximum absolute atomic E-state index is 13.4. The van der Waals surface area contributed by atoms with Crippen molar-refractivity contribution < 1.29 is 57.2 Å². The van der Waals surface area contributed by atoms with Gasteiger partial charge >= 0.3 is 35.8 Å². The molecule has 0 saturated heterocycles. The molecule has 0 radical (unpaired) electrons. The number of esters is 6. The van der Waals surface area contributed by atoms with Crippen LogP contribution < -0.4 is 0 Å². The number of hydrogen-bond acceptors (Lipinski definition) is 12. The quantitative estimate of drug-likeness (QED) is 0.100. The Labute approximate surface area is 463 Å². The third-order valence-electron chi connectivity index (χ3n) is 24.1. The van der Waals surface area contributed by atoms with Gasteiger partial charge in [0.05, 0.1) is 22.2 Å². The summed E-state index contributed by atoms with van der Waals surface area (Å²) in [6.07, 6.45) is 25.6. The Morgan fingerprint density at radius 3 is 1.10 bits per heavy atom. The SMILES string of the molecule is CCC(C)(C)C(=O)OC1CC2CC1CC2C(=O)OC1(CC)C2CC3CC(C2)CC1C3.CCC(C)(C)C(=O)OCC(=O)OC1(C)C2CC3CC(C2)CC1C3.CCC(C)(C)C(=O)OCC(=O)OC1(CC)C2CC3CC(C2)CC1C3. The van der Waals surface area contributed by atoms with Gasteiger partial charge in [-0.1, -0.05) is 34.6 Å². The molecular weight excluding hydrogens is 973 g/mol. The van der Waals surface area contributed by atoms with E-state index in [9.17, 15) is 28.8 Å². The predicted molar refractivity (Wildman–Crippen MR) is 292 cm³/mol. The van der Waals surface area contributed by atoms with Crippen LogP contribution in [0.3, 0.4) is 0 Å². The molecule has 0 amide bonds. The van der Waals surface area contributed by atoms with Crippen molar-refractivity contribution in [3.63, 3.8) is 0 Å². The second-order valence-corrected chi connectivity index (χ2v) is 29.7. The van der Waals surface area contributed by atoms with E-state index in [2.05, 4.69) is 20.8 Å². The first-order valence-corrected chi connectivity index (χ1v) is 31.5. The molecule has 434 valence electrons. The van der Waals surface area contributed by atoms with Crippen molar-refractivity contribution in [2.45, 2.75) is 254 Å². The molecule has 0 aromatic rings. The normalized spacial score (nSPS) is 41.1. The van der Waals surface area contributed by atoms with Gasteiger partial charge in [0.15, 0.2) is 13.2 Å². The average molecular weight is 1080 g/mol. The van der Waals surface area contributed by atoms with E-state index in [-0.39, 0.29) is 77.9 Å². The number of carbonyl (C=O) groups is 6. The average Bonchev–Trinajstić information content (AvgIpc) is 4.06. The fraction of sp³-hybridized carbons (Fsp3) is 0.908. The van der Waals surface area contributed by atoms with Gasteiger partial charge in [-0.05, 0) is 279 Å². The van der Waals surface area contributed by atoms with Crippen molar-refractivity contribution in [3.05, 3.63) is 0 Å². The number of ether oxygens (including phenoxy) is 6. The van der Waals surface area contributed by atoms with Crippen LogP contribution in [0.15, 0.2) is 0 Å². The summed E-state index contributed by atoms with van der Waals surface area (Å²) in [7, 11) is 0. The number of hydrogen-bond donors (Lipinski definition) is 0. The number of rotatable bonds is 17. The first kappa shape index (κ1) is 58.5. The van der Waals surface area contributed by atoms with Crippen LogP contribution in [0.5, 0.6) is 0 Å². The van der Waals surface area contributed by atoms with Gasteiger partial charge in [0.25, 0.3) is 0 Å². The second-order valence-electron chi connectivity index (χ2n) is 29.7. The summed E-state index contributed by atoms with van der Waals surface area (Å²) in [4.78, 5) is 74.6. The molecule has 12 heteroatoms. The molecule has 14 bridgehead atoms. The minimum absolute atomic E-state index is 0.00122. The second kappa shape index (κ2) is 22.3. The van der Waals surface area contributed by atoms with Crippen LogP contribution in [0.2, 0.25) is 0 Å². The Morgan fingerprint density at radius 2 is 0.753 bits per heavy atom. The fourth-order valence-electron chi connectivity index (χ4n) is 18.7. The predicted octanol–water partition coefficient (Wildman–Crippen LogP) is 13.4. The monoisotopic (exact) mass is 1070 g/mol. The van der Waals surface area contributed by atoms with E-state index in [0.29, 0.717) is 60.2 Å². The summed E-state index contributed by atoms with van der Waals surface area (Å²) in [5, 5.41) is 0. The summed E-state index contributed by atoms with van der Waals surface area (Å²) in [6.45, 7) is 23.1. The first-order chi connectivity index (χ1) is 36.3.